The molecule has 1 aliphatic heterocycles. The summed E-state index contributed by atoms with van der Waals surface area (Å²) in [5.41, 5.74) is 3.16. The third kappa shape index (κ3) is 4.37. The van der Waals surface area contributed by atoms with Crippen LogP contribution < -0.4 is 5.32 Å². The SMILES string of the molecule is Cc1ccccc1CN1CCN(C(=O)Nc2ccc([N+](=O)[O-])cc2)CC1. The van der Waals surface area contributed by atoms with Crippen LogP contribution in [0.3, 0.4) is 0 Å². The van der Waals surface area contributed by atoms with Gasteiger partial charge in [0.15, 0.2) is 0 Å². The van der Waals surface area contributed by atoms with Crippen molar-refractivity contribution in [3.05, 3.63) is 69.8 Å². The van der Waals surface area contributed by atoms with Crippen molar-refractivity contribution >= 4 is 17.4 Å². The van der Waals surface area contributed by atoms with E-state index in [1.54, 1.807) is 17.0 Å². The number of nitro benzene ring substituents is 1. The van der Waals surface area contributed by atoms with E-state index < -0.39 is 4.92 Å². The highest BCUT2D eigenvalue weighted by Crippen LogP contribution is 2.17. The summed E-state index contributed by atoms with van der Waals surface area (Å²) in [5, 5.41) is 13.5. The lowest BCUT2D eigenvalue weighted by atomic mass is 10.1. The van der Waals surface area contributed by atoms with Gasteiger partial charge in [0.2, 0.25) is 0 Å². The van der Waals surface area contributed by atoms with Gasteiger partial charge in [0.1, 0.15) is 0 Å². The molecule has 1 N–H and O–H groups in total. The zero-order valence-corrected chi connectivity index (χ0v) is 14.7. The molecule has 1 fully saturated rings. The maximum absolute atomic E-state index is 12.4. The smallest absolute Gasteiger partial charge is 0.321 e. The van der Waals surface area contributed by atoms with Gasteiger partial charge in [-0.2, -0.15) is 0 Å². The standard InChI is InChI=1S/C19H22N4O3/c1-15-4-2-3-5-16(15)14-21-10-12-22(13-11-21)19(24)20-17-6-8-18(9-7-17)23(25)26/h2-9H,10-14H2,1H3,(H,20,24). The Morgan fingerprint density at radius 2 is 1.73 bits per heavy atom. The number of urea groups is 1. The number of aryl methyl sites for hydroxylation is 1. The lowest BCUT2D eigenvalue weighted by Crippen LogP contribution is -2.49. The Kier molecular flexibility index (Phi) is 5.48. The number of carbonyl (C=O) groups is 1. The van der Waals surface area contributed by atoms with Crippen LogP contribution in [0.4, 0.5) is 16.2 Å². The Balaban J connectivity index is 1.50. The Morgan fingerprint density at radius 1 is 1.08 bits per heavy atom. The van der Waals surface area contributed by atoms with Crippen LogP contribution in [0.15, 0.2) is 48.5 Å². The van der Waals surface area contributed by atoms with Crippen LogP contribution in [0.5, 0.6) is 0 Å². The second kappa shape index (κ2) is 7.97. The molecule has 0 aromatic heterocycles. The normalized spacial score (nSPS) is 14.9. The van der Waals surface area contributed by atoms with E-state index >= 15 is 0 Å². The molecular formula is C19H22N4O3. The maximum atomic E-state index is 12.4. The van der Waals surface area contributed by atoms with Crippen molar-refractivity contribution in [1.29, 1.82) is 0 Å². The molecule has 0 atom stereocenters. The second-order valence-electron chi connectivity index (χ2n) is 6.42. The predicted octanol–water partition coefficient (Wildman–Crippen LogP) is 3.25. The molecule has 7 nitrogen and oxygen atoms in total. The highest BCUT2D eigenvalue weighted by Gasteiger charge is 2.21. The number of benzene rings is 2. The van der Waals surface area contributed by atoms with Crippen LogP contribution in [0.1, 0.15) is 11.1 Å². The van der Waals surface area contributed by atoms with Crippen molar-refractivity contribution in [3.8, 4) is 0 Å². The molecule has 3 rings (SSSR count). The lowest BCUT2D eigenvalue weighted by molar-refractivity contribution is -0.384. The van der Waals surface area contributed by atoms with Gasteiger partial charge in [-0.3, -0.25) is 15.0 Å². The van der Waals surface area contributed by atoms with Crippen LogP contribution in [-0.4, -0.2) is 46.9 Å². The van der Waals surface area contributed by atoms with E-state index in [4.69, 9.17) is 0 Å². The Hall–Kier alpha value is -2.93. The van der Waals surface area contributed by atoms with Gasteiger partial charge < -0.3 is 10.2 Å². The number of nitro groups is 1. The van der Waals surface area contributed by atoms with E-state index in [0.29, 0.717) is 18.8 Å². The molecule has 0 aliphatic carbocycles. The highest BCUT2D eigenvalue weighted by molar-refractivity contribution is 5.89. The van der Waals surface area contributed by atoms with E-state index in [1.165, 1.54) is 23.3 Å². The van der Waals surface area contributed by atoms with Gasteiger partial charge >= 0.3 is 6.03 Å². The van der Waals surface area contributed by atoms with Crippen LogP contribution >= 0.6 is 0 Å². The first-order chi connectivity index (χ1) is 12.5. The number of carbonyl (C=O) groups excluding carboxylic acids is 1. The fraction of sp³-hybridized carbons (Fsp3) is 0.316. The summed E-state index contributed by atoms with van der Waals surface area (Å²) < 4.78 is 0. The lowest BCUT2D eigenvalue weighted by Gasteiger charge is -2.35. The second-order valence-corrected chi connectivity index (χ2v) is 6.42. The number of hydrogen-bond donors (Lipinski definition) is 1. The quantitative estimate of drug-likeness (QED) is 0.675. The van der Waals surface area contributed by atoms with Gasteiger partial charge in [-0.05, 0) is 30.2 Å². The minimum atomic E-state index is -0.459. The number of piperazine rings is 1. The number of nitrogens with one attached hydrogen (secondary N) is 1. The number of rotatable bonds is 4. The molecule has 1 heterocycles. The average Bonchev–Trinajstić information content (AvgIpc) is 2.64. The fourth-order valence-electron chi connectivity index (χ4n) is 3.01. The largest absolute Gasteiger partial charge is 0.322 e. The minimum absolute atomic E-state index is 0.00724. The molecule has 0 bridgehead atoms. The molecule has 26 heavy (non-hydrogen) atoms. The van der Waals surface area contributed by atoms with Crippen LogP contribution in [0.2, 0.25) is 0 Å². The number of amides is 2. The van der Waals surface area contributed by atoms with Gasteiger partial charge in [-0.25, -0.2) is 4.79 Å². The van der Waals surface area contributed by atoms with Crippen molar-refractivity contribution in [2.45, 2.75) is 13.5 Å². The van der Waals surface area contributed by atoms with Crippen molar-refractivity contribution in [2.24, 2.45) is 0 Å². The van der Waals surface area contributed by atoms with Crippen molar-refractivity contribution < 1.29 is 9.72 Å². The number of anilines is 1. The molecule has 0 saturated carbocycles. The maximum Gasteiger partial charge on any atom is 0.321 e. The molecule has 2 aromatic carbocycles. The van der Waals surface area contributed by atoms with Crippen LogP contribution in [0, 0.1) is 17.0 Å². The first-order valence-corrected chi connectivity index (χ1v) is 8.60. The third-order valence-electron chi connectivity index (χ3n) is 4.64. The first-order valence-electron chi connectivity index (χ1n) is 8.60. The summed E-state index contributed by atoms with van der Waals surface area (Å²) in [5.74, 6) is 0. The summed E-state index contributed by atoms with van der Waals surface area (Å²) in [6.07, 6.45) is 0. The zero-order chi connectivity index (χ0) is 18.5. The van der Waals surface area contributed by atoms with Crippen molar-refractivity contribution in [3.63, 3.8) is 0 Å². The fourth-order valence-corrected chi connectivity index (χ4v) is 3.01. The summed E-state index contributed by atoms with van der Waals surface area (Å²) in [7, 11) is 0. The number of hydrogen-bond acceptors (Lipinski definition) is 4. The average molecular weight is 354 g/mol. The van der Waals surface area contributed by atoms with Crippen molar-refractivity contribution in [2.75, 3.05) is 31.5 Å². The summed E-state index contributed by atoms with van der Waals surface area (Å²) in [6.45, 7) is 5.97. The van der Waals surface area contributed by atoms with Gasteiger partial charge in [-0.1, -0.05) is 24.3 Å². The number of nitrogens with zero attached hydrogens (tertiary/aromatic N) is 3. The van der Waals surface area contributed by atoms with E-state index in [-0.39, 0.29) is 11.7 Å². The zero-order valence-electron chi connectivity index (χ0n) is 14.7. The molecule has 2 amide bonds. The van der Waals surface area contributed by atoms with Gasteiger partial charge in [-0.15, -0.1) is 0 Å². The topological polar surface area (TPSA) is 78.7 Å². The predicted molar refractivity (Wildman–Crippen MR) is 100 cm³/mol. The molecule has 0 radical (unpaired) electrons. The molecule has 2 aromatic rings. The van der Waals surface area contributed by atoms with E-state index in [9.17, 15) is 14.9 Å². The van der Waals surface area contributed by atoms with Gasteiger partial charge in [0, 0.05) is 50.5 Å². The first kappa shape index (κ1) is 17.9. The summed E-state index contributed by atoms with van der Waals surface area (Å²) in [4.78, 5) is 26.7. The van der Waals surface area contributed by atoms with Crippen LogP contribution in [-0.2, 0) is 6.54 Å². The molecule has 0 unspecified atom stereocenters. The third-order valence-corrected chi connectivity index (χ3v) is 4.64. The van der Waals surface area contributed by atoms with Crippen LogP contribution in [0.25, 0.3) is 0 Å². The van der Waals surface area contributed by atoms with E-state index in [2.05, 4.69) is 35.3 Å². The Bertz CT molecular complexity index is 784. The molecule has 136 valence electrons. The van der Waals surface area contributed by atoms with Gasteiger partial charge in [0.05, 0.1) is 4.92 Å². The summed E-state index contributed by atoms with van der Waals surface area (Å²) in [6, 6.07) is 14.0. The molecule has 1 aliphatic rings. The minimum Gasteiger partial charge on any atom is -0.322 e. The Labute approximate surface area is 152 Å². The molecule has 0 spiro atoms. The van der Waals surface area contributed by atoms with Crippen molar-refractivity contribution in [1.82, 2.24) is 9.80 Å². The Morgan fingerprint density at radius 3 is 2.35 bits per heavy atom. The monoisotopic (exact) mass is 354 g/mol. The van der Waals surface area contributed by atoms with E-state index in [0.717, 1.165) is 19.6 Å². The molecule has 7 heteroatoms. The molecule has 1 saturated heterocycles. The highest BCUT2D eigenvalue weighted by atomic mass is 16.6. The van der Waals surface area contributed by atoms with Gasteiger partial charge in [0.25, 0.3) is 5.69 Å². The van der Waals surface area contributed by atoms with E-state index in [1.807, 2.05) is 6.07 Å². The summed E-state index contributed by atoms with van der Waals surface area (Å²) >= 11 is 0. The number of non-ortho nitro benzene ring substituents is 1. The molecular weight excluding hydrogens is 332 g/mol.